The normalized spacial score (nSPS) is 11.7. The SMILES string of the molecule is C[C@H](Oc1ccc(Cl)cc1)C(=O)NCCc1ccccc1. The second-order valence-electron chi connectivity index (χ2n) is 4.74. The fourth-order valence-electron chi connectivity index (χ4n) is 1.89. The van der Waals surface area contributed by atoms with Crippen molar-refractivity contribution in [3.8, 4) is 5.75 Å². The van der Waals surface area contributed by atoms with E-state index in [2.05, 4.69) is 5.32 Å². The first-order valence-corrected chi connectivity index (χ1v) is 7.27. The largest absolute Gasteiger partial charge is 0.481 e. The molecule has 0 fully saturated rings. The predicted octanol–water partition coefficient (Wildman–Crippen LogP) is 3.47. The molecule has 0 unspecified atom stereocenters. The van der Waals surface area contributed by atoms with Crippen LogP contribution in [0.15, 0.2) is 54.6 Å². The Morgan fingerprint density at radius 2 is 1.81 bits per heavy atom. The molecule has 0 aromatic heterocycles. The van der Waals surface area contributed by atoms with Gasteiger partial charge in [-0.3, -0.25) is 4.79 Å². The third-order valence-corrected chi connectivity index (χ3v) is 3.30. The zero-order valence-corrected chi connectivity index (χ0v) is 12.6. The summed E-state index contributed by atoms with van der Waals surface area (Å²) in [5, 5.41) is 3.51. The van der Waals surface area contributed by atoms with Crippen molar-refractivity contribution in [3.63, 3.8) is 0 Å². The Morgan fingerprint density at radius 3 is 2.48 bits per heavy atom. The molecule has 2 rings (SSSR count). The number of nitrogens with one attached hydrogen (secondary N) is 1. The third-order valence-electron chi connectivity index (χ3n) is 3.05. The number of hydrogen-bond acceptors (Lipinski definition) is 2. The second-order valence-corrected chi connectivity index (χ2v) is 5.18. The van der Waals surface area contributed by atoms with Crippen LogP contribution in [0.5, 0.6) is 5.75 Å². The molecule has 21 heavy (non-hydrogen) atoms. The maximum Gasteiger partial charge on any atom is 0.260 e. The lowest BCUT2D eigenvalue weighted by atomic mass is 10.1. The van der Waals surface area contributed by atoms with E-state index in [4.69, 9.17) is 16.3 Å². The fraction of sp³-hybridized carbons (Fsp3) is 0.235. The summed E-state index contributed by atoms with van der Waals surface area (Å²) in [5.41, 5.74) is 1.20. The summed E-state index contributed by atoms with van der Waals surface area (Å²) < 4.78 is 5.56. The molecule has 0 spiro atoms. The van der Waals surface area contributed by atoms with Crippen LogP contribution >= 0.6 is 11.6 Å². The average molecular weight is 304 g/mol. The van der Waals surface area contributed by atoms with Crippen molar-refractivity contribution in [2.75, 3.05) is 6.54 Å². The molecule has 1 N–H and O–H groups in total. The van der Waals surface area contributed by atoms with Gasteiger partial charge >= 0.3 is 0 Å². The summed E-state index contributed by atoms with van der Waals surface area (Å²) in [7, 11) is 0. The van der Waals surface area contributed by atoms with Gasteiger partial charge in [-0.05, 0) is 43.2 Å². The first-order chi connectivity index (χ1) is 10.1. The van der Waals surface area contributed by atoms with E-state index in [-0.39, 0.29) is 5.91 Å². The number of benzene rings is 2. The molecule has 3 nitrogen and oxygen atoms in total. The van der Waals surface area contributed by atoms with Crippen LogP contribution in [-0.4, -0.2) is 18.6 Å². The van der Waals surface area contributed by atoms with Gasteiger partial charge in [0.25, 0.3) is 5.91 Å². The molecule has 2 aromatic carbocycles. The highest BCUT2D eigenvalue weighted by atomic mass is 35.5. The van der Waals surface area contributed by atoms with Crippen LogP contribution < -0.4 is 10.1 Å². The summed E-state index contributed by atoms with van der Waals surface area (Å²) in [6.07, 6.45) is 0.266. The lowest BCUT2D eigenvalue weighted by molar-refractivity contribution is -0.127. The fourth-order valence-corrected chi connectivity index (χ4v) is 2.02. The maximum absolute atomic E-state index is 11.9. The Kier molecular flexibility index (Phi) is 5.64. The number of hydrogen-bond donors (Lipinski definition) is 1. The minimum absolute atomic E-state index is 0.124. The van der Waals surface area contributed by atoms with Gasteiger partial charge < -0.3 is 10.1 Å². The van der Waals surface area contributed by atoms with E-state index in [0.29, 0.717) is 17.3 Å². The molecule has 0 aliphatic carbocycles. The topological polar surface area (TPSA) is 38.3 Å². The lowest BCUT2D eigenvalue weighted by Gasteiger charge is -2.14. The number of carbonyl (C=O) groups excluding carboxylic acids is 1. The Hall–Kier alpha value is -2.00. The Labute approximate surface area is 129 Å². The average Bonchev–Trinajstić information content (AvgIpc) is 2.50. The smallest absolute Gasteiger partial charge is 0.260 e. The number of rotatable bonds is 6. The molecule has 0 radical (unpaired) electrons. The maximum atomic E-state index is 11.9. The van der Waals surface area contributed by atoms with E-state index in [9.17, 15) is 4.79 Å². The summed E-state index contributed by atoms with van der Waals surface area (Å²) in [6.45, 7) is 2.32. The summed E-state index contributed by atoms with van der Waals surface area (Å²) >= 11 is 5.80. The highest BCUT2D eigenvalue weighted by Crippen LogP contribution is 2.16. The Morgan fingerprint density at radius 1 is 1.14 bits per heavy atom. The number of ether oxygens (including phenoxy) is 1. The standard InChI is InChI=1S/C17H18ClNO2/c1-13(21-16-9-7-15(18)8-10-16)17(20)19-12-11-14-5-3-2-4-6-14/h2-10,13H,11-12H2,1H3,(H,19,20)/t13-/m0/s1. The van der Waals surface area contributed by atoms with Crippen LogP contribution in [0.1, 0.15) is 12.5 Å². The number of amides is 1. The highest BCUT2D eigenvalue weighted by Gasteiger charge is 2.13. The van der Waals surface area contributed by atoms with Crippen molar-refractivity contribution in [3.05, 3.63) is 65.2 Å². The first kappa shape index (κ1) is 15.4. The zero-order chi connectivity index (χ0) is 15.1. The molecule has 110 valence electrons. The van der Waals surface area contributed by atoms with E-state index in [0.717, 1.165) is 6.42 Å². The highest BCUT2D eigenvalue weighted by molar-refractivity contribution is 6.30. The van der Waals surface area contributed by atoms with Crippen LogP contribution in [0.4, 0.5) is 0 Å². The molecular weight excluding hydrogens is 286 g/mol. The van der Waals surface area contributed by atoms with Crippen molar-refractivity contribution < 1.29 is 9.53 Å². The van der Waals surface area contributed by atoms with E-state index in [1.807, 2.05) is 30.3 Å². The molecule has 0 saturated heterocycles. The first-order valence-electron chi connectivity index (χ1n) is 6.89. The van der Waals surface area contributed by atoms with Gasteiger partial charge in [0.1, 0.15) is 5.75 Å². The van der Waals surface area contributed by atoms with Crippen LogP contribution in [0.3, 0.4) is 0 Å². The third kappa shape index (κ3) is 5.12. The van der Waals surface area contributed by atoms with Crippen LogP contribution in [0.2, 0.25) is 5.02 Å². The molecule has 0 aliphatic rings. The summed E-state index contributed by atoms with van der Waals surface area (Å²) in [6, 6.07) is 17.0. The Bertz CT molecular complexity index is 569. The zero-order valence-electron chi connectivity index (χ0n) is 11.9. The molecule has 0 bridgehead atoms. The van der Waals surface area contributed by atoms with Crippen molar-refractivity contribution in [2.24, 2.45) is 0 Å². The molecule has 1 atom stereocenters. The molecular formula is C17H18ClNO2. The van der Waals surface area contributed by atoms with Gasteiger partial charge in [0.15, 0.2) is 6.10 Å². The van der Waals surface area contributed by atoms with Crippen LogP contribution in [-0.2, 0) is 11.2 Å². The molecule has 2 aromatic rings. The minimum atomic E-state index is -0.540. The predicted molar refractivity (Wildman–Crippen MR) is 84.7 cm³/mol. The van der Waals surface area contributed by atoms with Gasteiger partial charge in [0.2, 0.25) is 0 Å². The van der Waals surface area contributed by atoms with E-state index in [1.165, 1.54) is 5.56 Å². The second kappa shape index (κ2) is 7.70. The van der Waals surface area contributed by atoms with E-state index < -0.39 is 6.10 Å². The van der Waals surface area contributed by atoms with Gasteiger partial charge in [-0.25, -0.2) is 0 Å². The van der Waals surface area contributed by atoms with Crippen LogP contribution in [0.25, 0.3) is 0 Å². The minimum Gasteiger partial charge on any atom is -0.481 e. The lowest BCUT2D eigenvalue weighted by Crippen LogP contribution is -2.37. The van der Waals surface area contributed by atoms with Crippen molar-refractivity contribution in [2.45, 2.75) is 19.4 Å². The van der Waals surface area contributed by atoms with E-state index >= 15 is 0 Å². The number of halogens is 1. The van der Waals surface area contributed by atoms with Crippen molar-refractivity contribution >= 4 is 17.5 Å². The summed E-state index contributed by atoms with van der Waals surface area (Å²) in [4.78, 5) is 11.9. The van der Waals surface area contributed by atoms with Crippen molar-refractivity contribution in [1.29, 1.82) is 0 Å². The van der Waals surface area contributed by atoms with Gasteiger partial charge in [0.05, 0.1) is 0 Å². The quantitative estimate of drug-likeness (QED) is 0.887. The molecule has 4 heteroatoms. The van der Waals surface area contributed by atoms with E-state index in [1.54, 1.807) is 31.2 Å². The molecule has 1 amide bonds. The molecule has 0 aliphatic heterocycles. The monoisotopic (exact) mass is 303 g/mol. The number of carbonyl (C=O) groups is 1. The Balaban J connectivity index is 1.76. The van der Waals surface area contributed by atoms with Gasteiger partial charge in [-0.15, -0.1) is 0 Å². The van der Waals surface area contributed by atoms with Crippen LogP contribution in [0, 0.1) is 0 Å². The van der Waals surface area contributed by atoms with Gasteiger partial charge in [-0.1, -0.05) is 41.9 Å². The molecule has 0 saturated carbocycles. The van der Waals surface area contributed by atoms with Gasteiger partial charge in [0, 0.05) is 11.6 Å². The molecule has 0 heterocycles. The van der Waals surface area contributed by atoms with Gasteiger partial charge in [-0.2, -0.15) is 0 Å². The van der Waals surface area contributed by atoms with Crippen molar-refractivity contribution in [1.82, 2.24) is 5.32 Å². The summed E-state index contributed by atoms with van der Waals surface area (Å²) in [5.74, 6) is 0.506.